The summed E-state index contributed by atoms with van der Waals surface area (Å²) in [5.41, 5.74) is 8.39. The normalized spacial score (nSPS) is 12.2. The van der Waals surface area contributed by atoms with Crippen molar-refractivity contribution < 1.29 is 4.42 Å². The van der Waals surface area contributed by atoms with Crippen molar-refractivity contribution >= 4 is 28.5 Å². The predicted molar refractivity (Wildman–Crippen MR) is 73.2 cm³/mol. The first-order valence-electron chi connectivity index (χ1n) is 5.73. The third-order valence-electron chi connectivity index (χ3n) is 2.47. The maximum absolute atomic E-state index is 5.70. The summed E-state index contributed by atoms with van der Waals surface area (Å²) in [7, 11) is 0. The van der Waals surface area contributed by atoms with Crippen LogP contribution in [0.15, 0.2) is 27.8 Å². The molecule has 0 saturated heterocycles. The van der Waals surface area contributed by atoms with Crippen molar-refractivity contribution in [1.82, 2.24) is 4.98 Å². The molecule has 1 aromatic heterocycles. The highest BCUT2D eigenvalue weighted by molar-refractivity contribution is 7.99. The largest absolute Gasteiger partial charge is 0.431 e. The molecule has 3 nitrogen and oxygen atoms in total. The van der Waals surface area contributed by atoms with Crippen LogP contribution in [0.4, 0.5) is 5.69 Å². The summed E-state index contributed by atoms with van der Waals surface area (Å²) < 4.78 is 5.64. The van der Waals surface area contributed by atoms with Crippen LogP contribution in [-0.4, -0.2) is 10.7 Å². The number of nitrogen functional groups attached to an aromatic ring is 1. The first-order chi connectivity index (χ1) is 7.94. The molecule has 0 amide bonds. The van der Waals surface area contributed by atoms with E-state index in [2.05, 4.69) is 25.8 Å². The molecule has 2 N–H and O–H groups in total. The molecule has 4 heteroatoms. The SMILES string of the molecule is CC(C)(C)CCSc1nc2ccc(N)cc2o1. The van der Waals surface area contributed by atoms with Crippen molar-refractivity contribution in [2.75, 3.05) is 11.5 Å². The van der Waals surface area contributed by atoms with Crippen LogP contribution in [0.2, 0.25) is 0 Å². The van der Waals surface area contributed by atoms with E-state index in [0.29, 0.717) is 11.1 Å². The van der Waals surface area contributed by atoms with Gasteiger partial charge in [-0.3, -0.25) is 0 Å². The van der Waals surface area contributed by atoms with Gasteiger partial charge in [0.1, 0.15) is 5.52 Å². The summed E-state index contributed by atoms with van der Waals surface area (Å²) >= 11 is 1.66. The van der Waals surface area contributed by atoms with Crippen molar-refractivity contribution in [2.24, 2.45) is 5.41 Å². The van der Waals surface area contributed by atoms with Crippen molar-refractivity contribution in [3.8, 4) is 0 Å². The zero-order valence-electron chi connectivity index (χ0n) is 10.5. The highest BCUT2D eigenvalue weighted by Crippen LogP contribution is 2.28. The van der Waals surface area contributed by atoms with E-state index in [1.54, 1.807) is 11.8 Å². The third kappa shape index (κ3) is 3.40. The molecule has 0 aliphatic rings. The Kier molecular flexibility index (Phi) is 3.33. The zero-order chi connectivity index (χ0) is 12.5. The summed E-state index contributed by atoms with van der Waals surface area (Å²) in [5, 5.41) is 0.731. The predicted octanol–water partition coefficient (Wildman–Crippen LogP) is 3.94. The van der Waals surface area contributed by atoms with Crippen molar-refractivity contribution in [3.05, 3.63) is 18.2 Å². The molecule has 1 heterocycles. The van der Waals surface area contributed by atoms with Crippen LogP contribution in [0.3, 0.4) is 0 Å². The standard InChI is InChI=1S/C13H18N2OS/c1-13(2,3)6-7-17-12-15-10-5-4-9(14)8-11(10)16-12/h4-5,8H,6-7,14H2,1-3H3. The Morgan fingerprint density at radius 3 is 2.82 bits per heavy atom. The molecule has 0 spiro atoms. The molecule has 0 unspecified atom stereocenters. The average Bonchev–Trinajstić information content (AvgIpc) is 2.57. The fraction of sp³-hybridized carbons (Fsp3) is 0.462. The maximum atomic E-state index is 5.70. The van der Waals surface area contributed by atoms with E-state index in [-0.39, 0.29) is 0 Å². The second-order valence-electron chi connectivity index (χ2n) is 5.37. The van der Waals surface area contributed by atoms with Gasteiger partial charge in [-0.15, -0.1) is 0 Å². The van der Waals surface area contributed by atoms with Crippen molar-refractivity contribution in [2.45, 2.75) is 32.4 Å². The van der Waals surface area contributed by atoms with Gasteiger partial charge in [0.25, 0.3) is 5.22 Å². The summed E-state index contributed by atoms with van der Waals surface area (Å²) in [6.07, 6.45) is 1.14. The molecule has 0 fully saturated rings. The van der Waals surface area contributed by atoms with E-state index in [1.807, 2.05) is 18.2 Å². The molecule has 0 bridgehead atoms. The fourth-order valence-corrected chi connectivity index (χ4v) is 2.63. The Labute approximate surface area is 106 Å². The molecule has 0 saturated carbocycles. The number of aromatic nitrogens is 1. The van der Waals surface area contributed by atoms with Gasteiger partial charge >= 0.3 is 0 Å². The smallest absolute Gasteiger partial charge is 0.256 e. The number of anilines is 1. The Morgan fingerprint density at radius 2 is 2.12 bits per heavy atom. The number of benzene rings is 1. The lowest BCUT2D eigenvalue weighted by molar-refractivity contribution is 0.400. The first kappa shape index (κ1) is 12.3. The summed E-state index contributed by atoms with van der Waals surface area (Å²) in [4.78, 5) is 4.41. The second kappa shape index (κ2) is 4.61. The summed E-state index contributed by atoms with van der Waals surface area (Å²) in [6, 6.07) is 5.55. The summed E-state index contributed by atoms with van der Waals surface area (Å²) in [5.74, 6) is 1.02. The monoisotopic (exact) mass is 250 g/mol. The molecule has 2 aromatic rings. The molecule has 0 radical (unpaired) electrons. The van der Waals surface area contributed by atoms with E-state index in [0.717, 1.165) is 28.5 Å². The Balaban J connectivity index is 2.05. The Bertz CT molecular complexity index is 514. The van der Waals surface area contributed by atoms with Gasteiger partial charge in [-0.1, -0.05) is 32.5 Å². The van der Waals surface area contributed by atoms with Crippen LogP contribution in [0, 0.1) is 5.41 Å². The number of fused-ring (bicyclic) bond motifs is 1. The number of hydrogen-bond donors (Lipinski definition) is 1. The van der Waals surface area contributed by atoms with Crippen LogP contribution in [0.1, 0.15) is 27.2 Å². The number of hydrogen-bond acceptors (Lipinski definition) is 4. The first-order valence-corrected chi connectivity index (χ1v) is 6.71. The van der Waals surface area contributed by atoms with Gasteiger partial charge in [-0.2, -0.15) is 0 Å². The number of nitrogens with zero attached hydrogens (tertiary/aromatic N) is 1. The van der Waals surface area contributed by atoms with E-state index in [9.17, 15) is 0 Å². The lowest BCUT2D eigenvalue weighted by atomic mass is 9.94. The number of nitrogens with two attached hydrogens (primary N) is 1. The highest BCUT2D eigenvalue weighted by Gasteiger charge is 2.12. The molecule has 0 aliphatic carbocycles. The maximum Gasteiger partial charge on any atom is 0.256 e. The van der Waals surface area contributed by atoms with Crippen molar-refractivity contribution in [1.29, 1.82) is 0 Å². The molecule has 17 heavy (non-hydrogen) atoms. The minimum Gasteiger partial charge on any atom is -0.431 e. The van der Waals surface area contributed by atoms with E-state index >= 15 is 0 Å². The second-order valence-corrected chi connectivity index (χ2v) is 6.41. The van der Waals surface area contributed by atoms with Gasteiger partial charge < -0.3 is 10.2 Å². The fourth-order valence-electron chi connectivity index (χ4n) is 1.43. The minimum atomic E-state index is 0.351. The zero-order valence-corrected chi connectivity index (χ0v) is 11.3. The van der Waals surface area contributed by atoms with Gasteiger partial charge in [-0.05, 0) is 24.0 Å². The van der Waals surface area contributed by atoms with Crippen LogP contribution < -0.4 is 5.73 Å². The summed E-state index contributed by atoms with van der Waals surface area (Å²) in [6.45, 7) is 6.71. The highest BCUT2D eigenvalue weighted by atomic mass is 32.2. The van der Waals surface area contributed by atoms with Crippen LogP contribution in [0.25, 0.3) is 11.1 Å². The number of rotatable bonds is 3. The topological polar surface area (TPSA) is 52.0 Å². The molecular formula is C13H18N2OS. The number of thioether (sulfide) groups is 1. The molecule has 0 aliphatic heterocycles. The lowest BCUT2D eigenvalue weighted by Crippen LogP contribution is -2.05. The molecule has 92 valence electrons. The van der Waals surface area contributed by atoms with Gasteiger partial charge in [0.05, 0.1) is 0 Å². The minimum absolute atomic E-state index is 0.351. The molecule has 0 atom stereocenters. The van der Waals surface area contributed by atoms with Gasteiger partial charge in [0, 0.05) is 17.5 Å². The third-order valence-corrected chi connectivity index (χ3v) is 3.30. The van der Waals surface area contributed by atoms with Gasteiger partial charge in [0.15, 0.2) is 5.58 Å². The lowest BCUT2D eigenvalue weighted by Gasteiger charge is -2.16. The Hall–Kier alpha value is -1.16. The average molecular weight is 250 g/mol. The van der Waals surface area contributed by atoms with Gasteiger partial charge in [-0.25, -0.2) is 4.98 Å². The van der Waals surface area contributed by atoms with E-state index in [1.165, 1.54) is 0 Å². The molecule has 1 aromatic carbocycles. The van der Waals surface area contributed by atoms with Crippen LogP contribution >= 0.6 is 11.8 Å². The number of oxazole rings is 1. The Morgan fingerprint density at radius 1 is 1.35 bits per heavy atom. The quantitative estimate of drug-likeness (QED) is 0.662. The van der Waals surface area contributed by atoms with E-state index in [4.69, 9.17) is 10.2 Å². The van der Waals surface area contributed by atoms with Gasteiger partial charge in [0.2, 0.25) is 0 Å². The van der Waals surface area contributed by atoms with E-state index < -0.39 is 0 Å². The van der Waals surface area contributed by atoms with Crippen LogP contribution in [-0.2, 0) is 0 Å². The van der Waals surface area contributed by atoms with Crippen LogP contribution in [0.5, 0.6) is 0 Å². The molecular weight excluding hydrogens is 232 g/mol. The molecule has 2 rings (SSSR count). The van der Waals surface area contributed by atoms with Crippen molar-refractivity contribution in [3.63, 3.8) is 0 Å².